The van der Waals surface area contributed by atoms with Crippen molar-refractivity contribution in [3.05, 3.63) is 29.3 Å². The summed E-state index contributed by atoms with van der Waals surface area (Å²) in [4.78, 5) is 12.0. The maximum Gasteiger partial charge on any atom is 0.251 e. The van der Waals surface area contributed by atoms with Gasteiger partial charge in [0.05, 0.1) is 0 Å². The normalized spacial score (nSPS) is 14.8. The predicted octanol–water partition coefficient (Wildman–Crippen LogP) is 3.35. The standard InChI is InChI=1S/C16H24N2O/c1-3-9-17-15-8-7-14(10-12(15)2)16(19)18-11-13-5-4-6-13/h7-8,10,13,17H,3-6,9,11H2,1-2H3,(H,18,19). The molecular weight excluding hydrogens is 236 g/mol. The van der Waals surface area contributed by atoms with Crippen molar-refractivity contribution in [2.24, 2.45) is 5.92 Å². The van der Waals surface area contributed by atoms with Crippen molar-refractivity contribution in [1.29, 1.82) is 0 Å². The molecule has 3 heteroatoms. The average molecular weight is 260 g/mol. The molecule has 0 aromatic heterocycles. The van der Waals surface area contributed by atoms with Crippen LogP contribution in [0.5, 0.6) is 0 Å². The zero-order valence-electron chi connectivity index (χ0n) is 12.0. The molecule has 2 rings (SSSR count). The summed E-state index contributed by atoms with van der Waals surface area (Å²) in [6, 6.07) is 5.87. The maximum absolute atomic E-state index is 12.0. The molecule has 0 bridgehead atoms. The molecule has 2 N–H and O–H groups in total. The quantitative estimate of drug-likeness (QED) is 0.823. The van der Waals surface area contributed by atoms with Crippen molar-refractivity contribution in [3.63, 3.8) is 0 Å². The SMILES string of the molecule is CCCNc1ccc(C(=O)NCC2CCC2)cc1C. The number of hydrogen-bond donors (Lipinski definition) is 2. The number of carbonyl (C=O) groups is 1. The number of anilines is 1. The van der Waals surface area contributed by atoms with Crippen LogP contribution in [-0.2, 0) is 0 Å². The topological polar surface area (TPSA) is 41.1 Å². The molecule has 3 nitrogen and oxygen atoms in total. The lowest BCUT2D eigenvalue weighted by atomic mass is 9.85. The molecule has 0 spiro atoms. The van der Waals surface area contributed by atoms with Crippen molar-refractivity contribution in [2.75, 3.05) is 18.4 Å². The number of aryl methyl sites for hydroxylation is 1. The molecule has 1 aliphatic rings. The Bertz CT molecular complexity index is 438. The third-order valence-electron chi connectivity index (χ3n) is 3.83. The van der Waals surface area contributed by atoms with Gasteiger partial charge >= 0.3 is 0 Å². The summed E-state index contributed by atoms with van der Waals surface area (Å²) in [6.07, 6.45) is 4.94. The van der Waals surface area contributed by atoms with Gasteiger partial charge in [0.25, 0.3) is 5.91 Å². The first-order valence-electron chi connectivity index (χ1n) is 7.33. The van der Waals surface area contributed by atoms with Crippen LogP contribution in [0, 0.1) is 12.8 Å². The van der Waals surface area contributed by atoms with E-state index in [-0.39, 0.29) is 5.91 Å². The molecule has 1 amide bonds. The first-order chi connectivity index (χ1) is 9.20. The minimum atomic E-state index is 0.0528. The summed E-state index contributed by atoms with van der Waals surface area (Å²) < 4.78 is 0. The van der Waals surface area contributed by atoms with Gasteiger partial charge in [-0.25, -0.2) is 0 Å². The minimum absolute atomic E-state index is 0.0528. The van der Waals surface area contributed by atoms with E-state index in [2.05, 4.69) is 17.6 Å². The van der Waals surface area contributed by atoms with Gasteiger partial charge in [-0.1, -0.05) is 13.3 Å². The highest BCUT2D eigenvalue weighted by molar-refractivity contribution is 5.94. The second-order valence-corrected chi connectivity index (χ2v) is 5.46. The van der Waals surface area contributed by atoms with E-state index in [9.17, 15) is 4.79 Å². The van der Waals surface area contributed by atoms with Gasteiger partial charge in [-0.3, -0.25) is 4.79 Å². The van der Waals surface area contributed by atoms with Crippen LogP contribution in [0.4, 0.5) is 5.69 Å². The summed E-state index contributed by atoms with van der Waals surface area (Å²) in [5.41, 5.74) is 3.01. The van der Waals surface area contributed by atoms with Crippen molar-refractivity contribution >= 4 is 11.6 Å². The van der Waals surface area contributed by atoms with Gasteiger partial charge in [-0.15, -0.1) is 0 Å². The van der Waals surface area contributed by atoms with E-state index in [0.717, 1.165) is 36.3 Å². The number of carbonyl (C=O) groups excluding carboxylic acids is 1. The van der Waals surface area contributed by atoms with E-state index < -0.39 is 0 Å². The summed E-state index contributed by atoms with van der Waals surface area (Å²) >= 11 is 0. The smallest absolute Gasteiger partial charge is 0.251 e. The van der Waals surface area contributed by atoms with Gasteiger partial charge in [-0.05, 0) is 55.9 Å². The highest BCUT2D eigenvalue weighted by atomic mass is 16.1. The van der Waals surface area contributed by atoms with E-state index in [0.29, 0.717) is 5.92 Å². The summed E-state index contributed by atoms with van der Waals surface area (Å²) in [5, 5.41) is 6.40. The second-order valence-electron chi connectivity index (χ2n) is 5.46. The molecule has 104 valence electrons. The lowest BCUT2D eigenvalue weighted by molar-refractivity contribution is 0.0939. The predicted molar refractivity (Wildman–Crippen MR) is 79.6 cm³/mol. The van der Waals surface area contributed by atoms with Crippen LogP contribution < -0.4 is 10.6 Å². The fourth-order valence-corrected chi connectivity index (χ4v) is 2.30. The molecule has 0 aliphatic heterocycles. The third-order valence-corrected chi connectivity index (χ3v) is 3.83. The number of nitrogens with one attached hydrogen (secondary N) is 2. The number of hydrogen-bond acceptors (Lipinski definition) is 2. The fourth-order valence-electron chi connectivity index (χ4n) is 2.30. The maximum atomic E-state index is 12.0. The number of rotatable bonds is 6. The Kier molecular flexibility index (Phi) is 4.83. The fraction of sp³-hybridized carbons (Fsp3) is 0.562. The molecule has 1 fully saturated rings. The number of benzene rings is 1. The first-order valence-corrected chi connectivity index (χ1v) is 7.33. The number of amides is 1. The molecule has 0 atom stereocenters. The van der Waals surface area contributed by atoms with E-state index >= 15 is 0 Å². The van der Waals surface area contributed by atoms with E-state index in [1.54, 1.807) is 0 Å². The van der Waals surface area contributed by atoms with Crippen LogP contribution in [-0.4, -0.2) is 19.0 Å². The second kappa shape index (κ2) is 6.60. The zero-order chi connectivity index (χ0) is 13.7. The van der Waals surface area contributed by atoms with Crippen LogP contribution in [0.1, 0.15) is 48.5 Å². The molecule has 1 aromatic carbocycles. The zero-order valence-corrected chi connectivity index (χ0v) is 12.0. The van der Waals surface area contributed by atoms with Gasteiger partial charge in [-0.2, -0.15) is 0 Å². The highest BCUT2D eigenvalue weighted by Crippen LogP contribution is 2.25. The van der Waals surface area contributed by atoms with Gasteiger partial charge < -0.3 is 10.6 Å². The molecule has 0 saturated heterocycles. The van der Waals surface area contributed by atoms with E-state index in [1.165, 1.54) is 19.3 Å². The van der Waals surface area contributed by atoms with Crippen molar-refractivity contribution in [1.82, 2.24) is 5.32 Å². The van der Waals surface area contributed by atoms with Crippen LogP contribution in [0.3, 0.4) is 0 Å². The van der Waals surface area contributed by atoms with Crippen molar-refractivity contribution in [2.45, 2.75) is 39.5 Å². The summed E-state index contributed by atoms with van der Waals surface area (Å²) in [6.45, 7) is 5.98. The van der Waals surface area contributed by atoms with Gasteiger partial charge in [0, 0.05) is 24.3 Å². The largest absolute Gasteiger partial charge is 0.385 e. The van der Waals surface area contributed by atoms with E-state index in [1.807, 2.05) is 25.1 Å². The first kappa shape index (κ1) is 13.9. The third kappa shape index (κ3) is 3.72. The molecular formula is C16H24N2O. The average Bonchev–Trinajstić information content (AvgIpc) is 2.35. The van der Waals surface area contributed by atoms with Gasteiger partial charge in [0.2, 0.25) is 0 Å². The molecule has 0 radical (unpaired) electrons. The molecule has 1 saturated carbocycles. The minimum Gasteiger partial charge on any atom is -0.385 e. The Hall–Kier alpha value is -1.51. The van der Waals surface area contributed by atoms with Gasteiger partial charge in [0.15, 0.2) is 0 Å². The Balaban J connectivity index is 1.91. The summed E-state index contributed by atoms with van der Waals surface area (Å²) in [7, 11) is 0. The van der Waals surface area contributed by atoms with Crippen LogP contribution >= 0.6 is 0 Å². The molecule has 0 unspecified atom stereocenters. The Morgan fingerprint density at radius 3 is 2.74 bits per heavy atom. The Morgan fingerprint density at radius 2 is 2.16 bits per heavy atom. The van der Waals surface area contributed by atoms with Crippen LogP contribution in [0.15, 0.2) is 18.2 Å². The molecule has 1 aromatic rings. The van der Waals surface area contributed by atoms with Crippen molar-refractivity contribution < 1.29 is 4.79 Å². The lowest BCUT2D eigenvalue weighted by Gasteiger charge is -2.25. The van der Waals surface area contributed by atoms with Crippen LogP contribution in [0.2, 0.25) is 0 Å². The summed E-state index contributed by atoms with van der Waals surface area (Å²) in [5.74, 6) is 0.757. The molecule has 1 aliphatic carbocycles. The lowest BCUT2D eigenvalue weighted by Crippen LogP contribution is -2.32. The molecule has 19 heavy (non-hydrogen) atoms. The Morgan fingerprint density at radius 1 is 1.37 bits per heavy atom. The van der Waals surface area contributed by atoms with E-state index in [4.69, 9.17) is 0 Å². The van der Waals surface area contributed by atoms with Crippen molar-refractivity contribution in [3.8, 4) is 0 Å². The highest BCUT2D eigenvalue weighted by Gasteiger charge is 2.18. The van der Waals surface area contributed by atoms with Crippen LogP contribution in [0.25, 0.3) is 0 Å². The Labute approximate surface area is 115 Å². The van der Waals surface area contributed by atoms with Gasteiger partial charge in [0.1, 0.15) is 0 Å². The monoisotopic (exact) mass is 260 g/mol. The molecule has 0 heterocycles.